The van der Waals surface area contributed by atoms with Crippen LogP contribution in [0.1, 0.15) is 50.4 Å². The van der Waals surface area contributed by atoms with E-state index < -0.39 is 28.5 Å². The summed E-state index contributed by atoms with van der Waals surface area (Å²) in [6, 6.07) is 3.89. The fourth-order valence-electron chi connectivity index (χ4n) is 3.14. The lowest BCUT2D eigenvalue weighted by Crippen LogP contribution is -2.42. The third-order valence-corrected chi connectivity index (χ3v) is 6.55. The minimum Gasteiger partial charge on any atom is -0.495 e. The van der Waals surface area contributed by atoms with Gasteiger partial charge in [0, 0.05) is 18.6 Å². The number of hydrogen-bond acceptors (Lipinski definition) is 6. The van der Waals surface area contributed by atoms with Gasteiger partial charge in [-0.3, -0.25) is 4.79 Å². The molecule has 1 amide bonds. The van der Waals surface area contributed by atoms with Crippen LogP contribution in [0.5, 0.6) is 5.75 Å². The molecule has 8 nitrogen and oxygen atoms in total. The molecular weight excluding hydrogens is 384 g/mol. The summed E-state index contributed by atoms with van der Waals surface area (Å²) in [7, 11) is -2.46. The van der Waals surface area contributed by atoms with Crippen LogP contribution in [0.2, 0.25) is 0 Å². The van der Waals surface area contributed by atoms with Gasteiger partial charge in [-0.2, -0.15) is 4.31 Å². The predicted octanol–water partition coefficient (Wildman–Crippen LogP) is 1.94. The molecule has 0 radical (unpaired) electrons. The van der Waals surface area contributed by atoms with Crippen molar-refractivity contribution in [3.05, 3.63) is 23.8 Å². The van der Waals surface area contributed by atoms with Crippen molar-refractivity contribution in [3.63, 3.8) is 0 Å². The molecule has 1 saturated heterocycles. The fourth-order valence-corrected chi connectivity index (χ4v) is 5.02. The van der Waals surface area contributed by atoms with Crippen LogP contribution in [0.15, 0.2) is 23.1 Å². The second-order valence-corrected chi connectivity index (χ2v) is 8.98. The number of nitrogens with one attached hydrogen (secondary N) is 1. The van der Waals surface area contributed by atoms with Gasteiger partial charge >= 0.3 is 5.97 Å². The monoisotopic (exact) mass is 412 g/mol. The quantitative estimate of drug-likeness (QED) is 0.687. The lowest BCUT2D eigenvalue weighted by atomic mass is 10.1. The van der Waals surface area contributed by atoms with E-state index in [0.29, 0.717) is 6.54 Å². The largest absolute Gasteiger partial charge is 0.495 e. The average Bonchev–Trinajstić information content (AvgIpc) is 2.65. The predicted molar refractivity (Wildman–Crippen MR) is 104 cm³/mol. The highest BCUT2D eigenvalue weighted by molar-refractivity contribution is 7.89. The van der Waals surface area contributed by atoms with Crippen LogP contribution in [-0.2, 0) is 19.6 Å². The minimum atomic E-state index is -3.84. The Hall–Kier alpha value is -2.13. The van der Waals surface area contributed by atoms with E-state index in [0.717, 1.165) is 19.3 Å². The van der Waals surface area contributed by atoms with Crippen LogP contribution >= 0.6 is 0 Å². The van der Waals surface area contributed by atoms with Crippen molar-refractivity contribution < 1.29 is 27.5 Å². The summed E-state index contributed by atoms with van der Waals surface area (Å²) >= 11 is 0. The fraction of sp³-hybridized carbons (Fsp3) is 0.579. The van der Waals surface area contributed by atoms with E-state index >= 15 is 0 Å². The topological polar surface area (TPSA) is 102 Å². The molecule has 0 unspecified atom stereocenters. The molecule has 0 saturated carbocycles. The number of esters is 1. The summed E-state index contributed by atoms with van der Waals surface area (Å²) in [6.07, 6.45) is 2.56. The molecule has 0 bridgehead atoms. The SMILES string of the molecule is COc1ccc(C(=O)OCC(=O)NC(C)C)cc1S(=O)(=O)N1CCCC[C@H]1C. The summed E-state index contributed by atoms with van der Waals surface area (Å²) in [5, 5.41) is 2.61. The maximum atomic E-state index is 13.2. The van der Waals surface area contributed by atoms with Gasteiger partial charge in [0.15, 0.2) is 6.61 Å². The number of methoxy groups -OCH3 is 1. The zero-order chi connectivity index (χ0) is 20.9. The van der Waals surface area contributed by atoms with Crippen molar-refractivity contribution >= 4 is 21.9 Å². The van der Waals surface area contributed by atoms with Gasteiger partial charge in [0.25, 0.3) is 5.91 Å². The van der Waals surface area contributed by atoms with E-state index in [9.17, 15) is 18.0 Å². The van der Waals surface area contributed by atoms with Crippen molar-refractivity contribution in [1.82, 2.24) is 9.62 Å². The van der Waals surface area contributed by atoms with Crippen molar-refractivity contribution in [2.24, 2.45) is 0 Å². The Kier molecular flexibility index (Phi) is 7.42. The van der Waals surface area contributed by atoms with Gasteiger partial charge in [0.2, 0.25) is 10.0 Å². The van der Waals surface area contributed by atoms with Gasteiger partial charge in [-0.05, 0) is 51.8 Å². The Labute approximate surface area is 166 Å². The van der Waals surface area contributed by atoms with Crippen LogP contribution in [0.3, 0.4) is 0 Å². The first kappa shape index (κ1) is 22.2. The lowest BCUT2D eigenvalue weighted by molar-refractivity contribution is -0.124. The number of ether oxygens (including phenoxy) is 2. The number of nitrogens with zero attached hydrogens (tertiary/aromatic N) is 1. The average molecular weight is 413 g/mol. The number of benzene rings is 1. The molecule has 1 N–H and O–H groups in total. The highest BCUT2D eigenvalue weighted by atomic mass is 32.2. The maximum Gasteiger partial charge on any atom is 0.338 e. The minimum absolute atomic E-state index is 0.0429. The Morgan fingerprint density at radius 3 is 2.61 bits per heavy atom. The van der Waals surface area contributed by atoms with Gasteiger partial charge in [0.1, 0.15) is 10.6 Å². The number of sulfonamides is 1. The molecule has 1 aliphatic heterocycles. The van der Waals surface area contributed by atoms with Crippen LogP contribution in [0.4, 0.5) is 0 Å². The van der Waals surface area contributed by atoms with Crippen LogP contribution in [-0.4, -0.2) is 56.9 Å². The Morgan fingerprint density at radius 1 is 1.29 bits per heavy atom. The first-order valence-corrected chi connectivity index (χ1v) is 10.8. The van der Waals surface area contributed by atoms with E-state index in [1.54, 1.807) is 13.8 Å². The smallest absolute Gasteiger partial charge is 0.338 e. The van der Waals surface area contributed by atoms with E-state index in [1.165, 1.54) is 29.6 Å². The van der Waals surface area contributed by atoms with Crippen LogP contribution in [0.25, 0.3) is 0 Å². The van der Waals surface area contributed by atoms with Gasteiger partial charge < -0.3 is 14.8 Å². The Morgan fingerprint density at radius 2 is 2.00 bits per heavy atom. The lowest BCUT2D eigenvalue weighted by Gasteiger charge is -2.32. The van der Waals surface area contributed by atoms with Crippen LogP contribution < -0.4 is 10.1 Å². The number of carbonyl (C=O) groups excluding carboxylic acids is 2. The van der Waals surface area contributed by atoms with Crippen molar-refractivity contribution in [2.45, 2.75) is 57.0 Å². The van der Waals surface area contributed by atoms with Crippen molar-refractivity contribution in [2.75, 3.05) is 20.3 Å². The van der Waals surface area contributed by atoms with Gasteiger partial charge in [0.05, 0.1) is 12.7 Å². The van der Waals surface area contributed by atoms with Gasteiger partial charge in [-0.15, -0.1) is 0 Å². The molecular formula is C19H28N2O6S. The molecule has 0 spiro atoms. The molecule has 1 aliphatic rings. The molecule has 0 aliphatic carbocycles. The second-order valence-electron chi connectivity index (χ2n) is 7.12. The Balaban J connectivity index is 2.25. The standard InChI is InChI=1S/C19H28N2O6S/c1-13(2)20-18(22)12-27-19(23)15-8-9-16(26-4)17(11-15)28(24,25)21-10-6-5-7-14(21)3/h8-9,11,13-14H,5-7,10,12H2,1-4H3,(H,20,22)/t14-/m1/s1. The van der Waals surface area contributed by atoms with Crippen molar-refractivity contribution in [1.29, 1.82) is 0 Å². The molecule has 0 aromatic heterocycles. The van der Waals surface area contributed by atoms with Gasteiger partial charge in [-0.1, -0.05) is 6.42 Å². The number of hydrogen-bond donors (Lipinski definition) is 1. The molecule has 9 heteroatoms. The normalized spacial score (nSPS) is 18.0. The number of rotatable bonds is 7. The summed E-state index contributed by atoms with van der Waals surface area (Å²) in [5.74, 6) is -1.04. The molecule has 1 fully saturated rings. The van der Waals surface area contributed by atoms with Crippen LogP contribution in [0, 0.1) is 0 Å². The summed E-state index contributed by atoms with van der Waals surface area (Å²) in [6.45, 7) is 5.45. The maximum absolute atomic E-state index is 13.2. The van der Waals surface area contributed by atoms with E-state index in [1.807, 2.05) is 6.92 Å². The first-order valence-electron chi connectivity index (χ1n) is 9.33. The summed E-state index contributed by atoms with van der Waals surface area (Å²) < 4.78 is 38.0. The van der Waals surface area contributed by atoms with E-state index in [4.69, 9.17) is 9.47 Å². The summed E-state index contributed by atoms with van der Waals surface area (Å²) in [5.41, 5.74) is 0.0429. The summed E-state index contributed by atoms with van der Waals surface area (Å²) in [4.78, 5) is 23.9. The second kappa shape index (κ2) is 9.38. The molecule has 1 aromatic rings. The third-order valence-electron chi connectivity index (χ3n) is 4.51. The molecule has 156 valence electrons. The third kappa shape index (κ3) is 5.23. The molecule has 2 rings (SSSR count). The first-order chi connectivity index (χ1) is 13.2. The van der Waals surface area contributed by atoms with Crippen molar-refractivity contribution in [3.8, 4) is 5.75 Å². The highest BCUT2D eigenvalue weighted by Gasteiger charge is 2.33. The number of piperidine rings is 1. The molecule has 1 heterocycles. The molecule has 1 aromatic carbocycles. The number of amides is 1. The zero-order valence-corrected chi connectivity index (χ0v) is 17.5. The Bertz CT molecular complexity index is 822. The molecule has 28 heavy (non-hydrogen) atoms. The van der Waals surface area contributed by atoms with E-state index in [-0.39, 0.29) is 28.3 Å². The molecule has 1 atom stereocenters. The zero-order valence-electron chi connectivity index (χ0n) is 16.7. The highest BCUT2D eigenvalue weighted by Crippen LogP contribution is 2.31. The number of carbonyl (C=O) groups is 2. The van der Waals surface area contributed by atoms with Gasteiger partial charge in [-0.25, -0.2) is 13.2 Å². The van der Waals surface area contributed by atoms with E-state index in [2.05, 4.69) is 5.32 Å².